The molecule has 0 radical (unpaired) electrons. The summed E-state index contributed by atoms with van der Waals surface area (Å²) in [5.74, 6) is 0.258. The summed E-state index contributed by atoms with van der Waals surface area (Å²) in [5.41, 5.74) is 2.93. The standard InChI is InChI=1S/C22H24ClN3O3S2/c1-2-16-5-3-4-6-18(16)24-21(27)12-30-22-25-19-13-31(28,29)14-20(19)26(22)11-15-7-9-17(23)10-8-15/h3-10,19-20H,2,11-14H2,1H3,(H,24,27). The topological polar surface area (TPSA) is 78.8 Å². The van der Waals surface area contributed by atoms with Gasteiger partial charge in [0.2, 0.25) is 5.91 Å². The number of nitrogens with zero attached hydrogens (tertiary/aromatic N) is 2. The number of carbonyl (C=O) groups is 1. The summed E-state index contributed by atoms with van der Waals surface area (Å²) in [7, 11) is -3.10. The van der Waals surface area contributed by atoms with Gasteiger partial charge in [-0.1, -0.05) is 60.6 Å². The van der Waals surface area contributed by atoms with Crippen molar-refractivity contribution in [3.63, 3.8) is 0 Å². The highest BCUT2D eigenvalue weighted by atomic mass is 35.5. The fourth-order valence-electron chi connectivity index (χ4n) is 3.95. The molecular formula is C22H24ClN3O3S2. The molecule has 4 rings (SSSR count). The molecule has 2 aromatic carbocycles. The van der Waals surface area contributed by atoms with Crippen LogP contribution >= 0.6 is 23.4 Å². The summed E-state index contributed by atoms with van der Waals surface area (Å²) in [6, 6.07) is 14.8. The molecule has 0 bridgehead atoms. The van der Waals surface area contributed by atoms with E-state index in [0.717, 1.165) is 28.4 Å². The fraction of sp³-hybridized carbons (Fsp3) is 0.364. The summed E-state index contributed by atoms with van der Waals surface area (Å²) >= 11 is 7.35. The number of benzene rings is 2. The zero-order chi connectivity index (χ0) is 22.0. The lowest BCUT2D eigenvalue weighted by atomic mass is 10.1. The maximum absolute atomic E-state index is 12.6. The molecule has 0 aromatic heterocycles. The van der Waals surface area contributed by atoms with Crippen molar-refractivity contribution in [2.75, 3.05) is 22.6 Å². The molecule has 2 aliphatic heterocycles. The van der Waals surface area contributed by atoms with Crippen LogP contribution in [0.5, 0.6) is 0 Å². The average molecular weight is 478 g/mol. The third kappa shape index (κ3) is 5.25. The van der Waals surface area contributed by atoms with Crippen molar-refractivity contribution in [3.05, 3.63) is 64.7 Å². The summed E-state index contributed by atoms with van der Waals surface area (Å²) < 4.78 is 24.3. The summed E-state index contributed by atoms with van der Waals surface area (Å²) in [6.45, 7) is 2.58. The molecule has 0 saturated carbocycles. The molecule has 6 nitrogen and oxygen atoms in total. The molecule has 2 atom stereocenters. The van der Waals surface area contributed by atoms with Gasteiger partial charge in [0.25, 0.3) is 0 Å². The van der Waals surface area contributed by atoms with Crippen molar-refractivity contribution in [2.24, 2.45) is 4.99 Å². The monoisotopic (exact) mass is 477 g/mol. The third-order valence-corrected chi connectivity index (χ3v) is 8.44. The number of para-hydroxylation sites is 1. The molecule has 1 fully saturated rings. The fourth-order valence-corrected chi connectivity index (χ4v) is 6.86. The van der Waals surface area contributed by atoms with Crippen molar-refractivity contribution in [1.29, 1.82) is 0 Å². The quantitative estimate of drug-likeness (QED) is 0.687. The minimum Gasteiger partial charge on any atom is -0.341 e. The molecule has 1 amide bonds. The number of aryl methyl sites for hydroxylation is 1. The van der Waals surface area contributed by atoms with Gasteiger partial charge in [0.05, 0.1) is 29.3 Å². The van der Waals surface area contributed by atoms with Gasteiger partial charge in [0, 0.05) is 17.3 Å². The number of amides is 1. The number of nitrogens with one attached hydrogen (secondary N) is 1. The van der Waals surface area contributed by atoms with E-state index in [1.54, 1.807) is 0 Å². The Morgan fingerprint density at radius 3 is 2.68 bits per heavy atom. The van der Waals surface area contributed by atoms with Crippen LogP contribution in [0.1, 0.15) is 18.1 Å². The molecule has 1 N–H and O–H groups in total. The lowest BCUT2D eigenvalue weighted by Gasteiger charge is -2.26. The Kier molecular flexibility index (Phi) is 6.60. The van der Waals surface area contributed by atoms with Crippen LogP contribution in [0.25, 0.3) is 0 Å². The highest BCUT2D eigenvalue weighted by molar-refractivity contribution is 8.14. The van der Waals surface area contributed by atoms with Crippen LogP contribution in [0.2, 0.25) is 5.02 Å². The van der Waals surface area contributed by atoms with Crippen LogP contribution in [0.15, 0.2) is 53.5 Å². The van der Waals surface area contributed by atoms with Crippen LogP contribution in [0, 0.1) is 0 Å². The first kappa shape index (κ1) is 22.2. The van der Waals surface area contributed by atoms with Crippen molar-refractivity contribution in [1.82, 2.24) is 4.90 Å². The smallest absolute Gasteiger partial charge is 0.234 e. The van der Waals surface area contributed by atoms with E-state index in [9.17, 15) is 13.2 Å². The zero-order valence-electron chi connectivity index (χ0n) is 17.1. The Morgan fingerprint density at radius 2 is 1.94 bits per heavy atom. The van der Waals surface area contributed by atoms with Gasteiger partial charge < -0.3 is 10.2 Å². The molecule has 164 valence electrons. The number of anilines is 1. The van der Waals surface area contributed by atoms with Crippen LogP contribution in [0.4, 0.5) is 5.69 Å². The van der Waals surface area contributed by atoms with Crippen molar-refractivity contribution in [2.45, 2.75) is 32.0 Å². The summed E-state index contributed by atoms with van der Waals surface area (Å²) in [6.07, 6.45) is 0.836. The maximum Gasteiger partial charge on any atom is 0.234 e. The molecule has 31 heavy (non-hydrogen) atoms. The Balaban J connectivity index is 1.46. The molecule has 0 spiro atoms. The van der Waals surface area contributed by atoms with E-state index in [1.165, 1.54) is 11.8 Å². The van der Waals surface area contributed by atoms with Crippen LogP contribution in [-0.2, 0) is 27.6 Å². The van der Waals surface area contributed by atoms with E-state index in [-0.39, 0.29) is 35.2 Å². The number of carbonyl (C=O) groups excluding carboxylic acids is 1. The van der Waals surface area contributed by atoms with Gasteiger partial charge in [-0.25, -0.2) is 8.42 Å². The number of halogens is 1. The second-order valence-electron chi connectivity index (χ2n) is 7.73. The van der Waals surface area contributed by atoms with Gasteiger partial charge in [-0.15, -0.1) is 0 Å². The van der Waals surface area contributed by atoms with E-state index in [0.29, 0.717) is 11.6 Å². The third-order valence-electron chi connectivity index (χ3n) is 5.49. The molecule has 2 aromatic rings. The molecule has 1 saturated heterocycles. The number of sulfone groups is 1. The van der Waals surface area contributed by atoms with Gasteiger partial charge in [-0.3, -0.25) is 9.79 Å². The van der Waals surface area contributed by atoms with Gasteiger partial charge in [-0.2, -0.15) is 0 Å². The van der Waals surface area contributed by atoms with Gasteiger partial charge in [-0.05, 0) is 35.7 Å². The molecule has 2 unspecified atom stereocenters. The lowest BCUT2D eigenvalue weighted by Crippen LogP contribution is -2.38. The molecule has 9 heteroatoms. The second-order valence-corrected chi connectivity index (χ2v) is 11.3. The highest BCUT2D eigenvalue weighted by Gasteiger charge is 2.46. The number of thioether (sulfide) groups is 1. The predicted octanol–water partition coefficient (Wildman–Crippen LogP) is 3.61. The van der Waals surface area contributed by atoms with Gasteiger partial charge in [0.1, 0.15) is 0 Å². The van der Waals surface area contributed by atoms with Crippen LogP contribution < -0.4 is 5.32 Å². The first-order chi connectivity index (χ1) is 14.8. The average Bonchev–Trinajstić information content (AvgIpc) is 3.20. The second kappa shape index (κ2) is 9.22. The van der Waals surface area contributed by atoms with E-state index < -0.39 is 9.84 Å². The molecule has 2 heterocycles. The predicted molar refractivity (Wildman–Crippen MR) is 128 cm³/mol. The summed E-state index contributed by atoms with van der Waals surface area (Å²) in [5, 5.41) is 4.35. The highest BCUT2D eigenvalue weighted by Crippen LogP contribution is 2.32. The SMILES string of the molecule is CCc1ccccc1NC(=O)CSC1=NC2CS(=O)(=O)CC2N1Cc1ccc(Cl)cc1. The van der Waals surface area contributed by atoms with Gasteiger partial charge >= 0.3 is 0 Å². The van der Waals surface area contributed by atoms with Crippen molar-refractivity contribution < 1.29 is 13.2 Å². The molecular weight excluding hydrogens is 454 g/mol. The normalized spacial score (nSPS) is 21.6. The minimum atomic E-state index is -3.10. The minimum absolute atomic E-state index is 0.0644. The van der Waals surface area contributed by atoms with Crippen molar-refractivity contribution in [3.8, 4) is 0 Å². The number of amidine groups is 1. The molecule has 0 aliphatic carbocycles. The number of fused-ring (bicyclic) bond motifs is 1. The Bertz CT molecular complexity index is 1100. The van der Waals surface area contributed by atoms with E-state index in [1.807, 2.05) is 53.4 Å². The number of hydrogen-bond acceptors (Lipinski definition) is 6. The first-order valence-corrected chi connectivity index (χ1v) is 13.3. The first-order valence-electron chi connectivity index (χ1n) is 10.1. The number of hydrogen-bond donors (Lipinski definition) is 1. The van der Waals surface area contributed by atoms with Crippen LogP contribution in [0.3, 0.4) is 0 Å². The van der Waals surface area contributed by atoms with E-state index in [2.05, 4.69) is 17.2 Å². The Morgan fingerprint density at radius 1 is 1.19 bits per heavy atom. The lowest BCUT2D eigenvalue weighted by molar-refractivity contribution is -0.113. The zero-order valence-corrected chi connectivity index (χ0v) is 19.5. The van der Waals surface area contributed by atoms with Crippen LogP contribution in [-0.4, -0.2) is 53.7 Å². The Labute approximate surface area is 192 Å². The van der Waals surface area contributed by atoms with Gasteiger partial charge in [0.15, 0.2) is 15.0 Å². The summed E-state index contributed by atoms with van der Waals surface area (Å²) in [4.78, 5) is 19.3. The number of rotatable bonds is 6. The maximum atomic E-state index is 12.6. The van der Waals surface area contributed by atoms with E-state index >= 15 is 0 Å². The van der Waals surface area contributed by atoms with E-state index in [4.69, 9.17) is 11.6 Å². The molecule has 2 aliphatic rings. The van der Waals surface area contributed by atoms with Crippen molar-refractivity contribution >= 4 is 50.0 Å². The Hall–Kier alpha value is -2.03. The number of aliphatic imine (C=N–C) groups is 1. The largest absolute Gasteiger partial charge is 0.341 e.